The molecule has 0 atom stereocenters. The molecular weight excluding hydrogens is 368 g/mol. The summed E-state index contributed by atoms with van der Waals surface area (Å²) < 4.78 is 22.1. The SMILES string of the molecule is COc1cccc(CN(Cc2ccncc2)Cc2ccc3c(c2)OCO3)c1OC. The number of hydrogen-bond acceptors (Lipinski definition) is 6. The molecule has 2 heterocycles. The fraction of sp³-hybridized carbons (Fsp3) is 0.261. The summed E-state index contributed by atoms with van der Waals surface area (Å²) in [5.41, 5.74) is 3.43. The van der Waals surface area contributed by atoms with Crippen LogP contribution in [0.25, 0.3) is 0 Å². The normalized spacial score (nSPS) is 12.2. The number of ether oxygens (including phenoxy) is 4. The molecule has 150 valence electrons. The summed E-state index contributed by atoms with van der Waals surface area (Å²) in [7, 11) is 3.33. The lowest BCUT2D eigenvalue weighted by molar-refractivity contribution is 0.174. The first kappa shape index (κ1) is 19.1. The Morgan fingerprint density at radius 1 is 0.862 bits per heavy atom. The molecule has 6 heteroatoms. The van der Waals surface area contributed by atoms with E-state index in [0.717, 1.165) is 47.2 Å². The van der Waals surface area contributed by atoms with Gasteiger partial charge < -0.3 is 18.9 Å². The third-order valence-electron chi connectivity index (χ3n) is 4.88. The molecule has 4 rings (SSSR count). The molecule has 0 spiro atoms. The maximum atomic E-state index is 5.63. The molecule has 1 aliphatic rings. The molecule has 6 nitrogen and oxygen atoms in total. The largest absolute Gasteiger partial charge is 0.493 e. The van der Waals surface area contributed by atoms with Crippen molar-refractivity contribution in [1.82, 2.24) is 9.88 Å². The van der Waals surface area contributed by atoms with Crippen LogP contribution in [-0.2, 0) is 19.6 Å². The van der Waals surface area contributed by atoms with Crippen LogP contribution in [-0.4, -0.2) is 30.9 Å². The number of methoxy groups -OCH3 is 2. The Kier molecular flexibility index (Phi) is 5.81. The van der Waals surface area contributed by atoms with Crippen molar-refractivity contribution < 1.29 is 18.9 Å². The topological polar surface area (TPSA) is 53.1 Å². The van der Waals surface area contributed by atoms with Gasteiger partial charge in [0.05, 0.1) is 14.2 Å². The van der Waals surface area contributed by atoms with E-state index in [9.17, 15) is 0 Å². The predicted octanol–water partition coefficient (Wildman–Crippen LogP) is 4.03. The van der Waals surface area contributed by atoms with Crippen LogP contribution >= 0.6 is 0 Å². The van der Waals surface area contributed by atoms with Crippen molar-refractivity contribution in [1.29, 1.82) is 0 Å². The standard InChI is InChI=1S/C23H24N2O4/c1-26-21-5-3-4-19(23(21)27-2)15-25(13-17-8-10-24-11-9-17)14-18-6-7-20-22(12-18)29-16-28-20/h3-12H,13-16H2,1-2H3. The van der Waals surface area contributed by atoms with E-state index < -0.39 is 0 Å². The Balaban J connectivity index is 1.60. The Morgan fingerprint density at radius 3 is 2.45 bits per heavy atom. The maximum absolute atomic E-state index is 5.63. The second-order valence-electron chi connectivity index (χ2n) is 6.84. The molecule has 0 N–H and O–H groups in total. The lowest BCUT2D eigenvalue weighted by Crippen LogP contribution is -2.23. The maximum Gasteiger partial charge on any atom is 0.231 e. The third-order valence-corrected chi connectivity index (χ3v) is 4.88. The van der Waals surface area contributed by atoms with Crippen molar-refractivity contribution in [2.45, 2.75) is 19.6 Å². The third kappa shape index (κ3) is 4.43. The van der Waals surface area contributed by atoms with Crippen molar-refractivity contribution in [2.24, 2.45) is 0 Å². The molecule has 0 saturated carbocycles. The van der Waals surface area contributed by atoms with Gasteiger partial charge in [-0.2, -0.15) is 0 Å². The number of nitrogens with zero attached hydrogens (tertiary/aromatic N) is 2. The second-order valence-corrected chi connectivity index (χ2v) is 6.84. The van der Waals surface area contributed by atoms with Crippen LogP contribution in [0.4, 0.5) is 0 Å². The van der Waals surface area contributed by atoms with Gasteiger partial charge in [0.1, 0.15) is 0 Å². The second kappa shape index (κ2) is 8.84. The molecule has 0 unspecified atom stereocenters. The van der Waals surface area contributed by atoms with Crippen LogP contribution in [0.3, 0.4) is 0 Å². The highest BCUT2D eigenvalue weighted by Crippen LogP contribution is 2.34. The van der Waals surface area contributed by atoms with Crippen molar-refractivity contribution in [2.75, 3.05) is 21.0 Å². The summed E-state index contributed by atoms with van der Waals surface area (Å²) in [6.45, 7) is 2.51. The van der Waals surface area contributed by atoms with Crippen LogP contribution < -0.4 is 18.9 Å². The summed E-state index contributed by atoms with van der Waals surface area (Å²) in [5.74, 6) is 3.09. The molecule has 1 aliphatic heterocycles. The highest BCUT2D eigenvalue weighted by atomic mass is 16.7. The van der Waals surface area contributed by atoms with E-state index in [2.05, 4.69) is 22.0 Å². The Hall–Kier alpha value is -3.25. The Bertz CT molecular complexity index is 962. The van der Waals surface area contributed by atoms with Gasteiger partial charge >= 0.3 is 0 Å². The predicted molar refractivity (Wildman–Crippen MR) is 109 cm³/mol. The Labute approximate surface area is 170 Å². The quantitative estimate of drug-likeness (QED) is 0.577. The fourth-order valence-electron chi connectivity index (χ4n) is 3.53. The minimum absolute atomic E-state index is 0.278. The molecule has 0 amide bonds. The van der Waals surface area contributed by atoms with Gasteiger partial charge in [-0.3, -0.25) is 9.88 Å². The zero-order chi connectivity index (χ0) is 20.1. The molecule has 0 fully saturated rings. The highest BCUT2D eigenvalue weighted by Gasteiger charge is 2.17. The number of fused-ring (bicyclic) bond motifs is 1. The molecule has 29 heavy (non-hydrogen) atoms. The van der Waals surface area contributed by atoms with Crippen LogP contribution in [0, 0.1) is 0 Å². The number of benzene rings is 2. The molecule has 1 aromatic heterocycles. The summed E-state index contributed by atoms with van der Waals surface area (Å²) in [5, 5.41) is 0. The zero-order valence-electron chi connectivity index (χ0n) is 16.6. The molecular formula is C23H24N2O4. The summed E-state index contributed by atoms with van der Waals surface area (Å²) >= 11 is 0. The van der Waals surface area contributed by atoms with Crippen LogP contribution in [0.15, 0.2) is 60.9 Å². The molecule has 0 bridgehead atoms. The van der Waals surface area contributed by atoms with Gasteiger partial charge in [0.15, 0.2) is 23.0 Å². The van der Waals surface area contributed by atoms with E-state index in [1.807, 2.05) is 48.8 Å². The van der Waals surface area contributed by atoms with E-state index in [-0.39, 0.29) is 6.79 Å². The summed E-state index contributed by atoms with van der Waals surface area (Å²) in [6, 6.07) is 16.1. The van der Waals surface area contributed by atoms with Crippen molar-refractivity contribution in [3.8, 4) is 23.0 Å². The molecule has 2 aromatic carbocycles. The first-order valence-corrected chi connectivity index (χ1v) is 9.46. The highest BCUT2D eigenvalue weighted by molar-refractivity contribution is 5.47. The van der Waals surface area contributed by atoms with E-state index in [1.54, 1.807) is 14.2 Å². The van der Waals surface area contributed by atoms with Gasteiger partial charge in [-0.1, -0.05) is 18.2 Å². The minimum atomic E-state index is 0.278. The zero-order valence-corrected chi connectivity index (χ0v) is 16.6. The molecule has 0 radical (unpaired) electrons. The van der Waals surface area contributed by atoms with Crippen LogP contribution in [0.2, 0.25) is 0 Å². The van der Waals surface area contributed by atoms with Crippen LogP contribution in [0.1, 0.15) is 16.7 Å². The van der Waals surface area contributed by atoms with Crippen LogP contribution in [0.5, 0.6) is 23.0 Å². The number of hydrogen-bond donors (Lipinski definition) is 0. The molecule has 0 saturated heterocycles. The van der Waals surface area contributed by atoms with Gasteiger partial charge in [-0.05, 0) is 41.5 Å². The van der Waals surface area contributed by atoms with Crippen molar-refractivity contribution in [3.63, 3.8) is 0 Å². The Morgan fingerprint density at radius 2 is 1.66 bits per heavy atom. The van der Waals surface area contributed by atoms with Gasteiger partial charge in [0, 0.05) is 37.6 Å². The lowest BCUT2D eigenvalue weighted by atomic mass is 10.1. The minimum Gasteiger partial charge on any atom is -0.493 e. The molecule has 3 aromatic rings. The van der Waals surface area contributed by atoms with E-state index in [4.69, 9.17) is 18.9 Å². The average molecular weight is 392 g/mol. The number of pyridine rings is 1. The lowest BCUT2D eigenvalue weighted by Gasteiger charge is -2.24. The van der Waals surface area contributed by atoms with Gasteiger partial charge in [0.25, 0.3) is 0 Å². The smallest absolute Gasteiger partial charge is 0.231 e. The van der Waals surface area contributed by atoms with E-state index in [1.165, 1.54) is 5.56 Å². The first-order valence-electron chi connectivity index (χ1n) is 9.46. The number of aromatic nitrogens is 1. The summed E-state index contributed by atoms with van der Waals surface area (Å²) in [6.07, 6.45) is 3.64. The monoisotopic (exact) mass is 392 g/mol. The van der Waals surface area contributed by atoms with Crippen molar-refractivity contribution in [3.05, 3.63) is 77.6 Å². The summed E-state index contributed by atoms with van der Waals surface area (Å²) in [4.78, 5) is 6.48. The number of rotatable bonds is 8. The van der Waals surface area contributed by atoms with Crippen molar-refractivity contribution >= 4 is 0 Å². The average Bonchev–Trinajstić information content (AvgIpc) is 3.22. The van der Waals surface area contributed by atoms with Gasteiger partial charge in [-0.15, -0.1) is 0 Å². The van der Waals surface area contributed by atoms with Gasteiger partial charge in [-0.25, -0.2) is 0 Å². The molecule has 0 aliphatic carbocycles. The fourth-order valence-corrected chi connectivity index (χ4v) is 3.53. The first-order chi connectivity index (χ1) is 14.3. The number of para-hydroxylation sites is 1. The van der Waals surface area contributed by atoms with Gasteiger partial charge in [0.2, 0.25) is 6.79 Å². The van der Waals surface area contributed by atoms with E-state index in [0.29, 0.717) is 6.54 Å². The van der Waals surface area contributed by atoms with E-state index >= 15 is 0 Å².